The van der Waals surface area contributed by atoms with Gasteiger partial charge < -0.3 is 10.1 Å². The second kappa shape index (κ2) is 7.99. The summed E-state index contributed by atoms with van der Waals surface area (Å²) in [5.74, 6) is -0.125. The Morgan fingerprint density at radius 3 is 2.50 bits per heavy atom. The maximum absolute atomic E-state index is 13.2. The van der Waals surface area contributed by atoms with Crippen molar-refractivity contribution in [1.29, 1.82) is 0 Å². The van der Waals surface area contributed by atoms with Gasteiger partial charge in [0.2, 0.25) is 0 Å². The molecule has 2 aromatic rings. The zero-order valence-electron chi connectivity index (χ0n) is 14.6. The zero-order valence-corrected chi connectivity index (χ0v) is 15.3. The normalized spacial score (nSPS) is 12.6. The van der Waals surface area contributed by atoms with Crippen LogP contribution in [-0.2, 0) is 11.0 Å². The number of rotatable bonds is 5. The van der Waals surface area contributed by atoms with E-state index in [2.05, 4.69) is 5.32 Å². The molecule has 0 bridgehead atoms. The Hall–Kier alpha value is -2.21. The Morgan fingerprint density at radius 1 is 1.19 bits per heavy atom. The topological polar surface area (TPSA) is 38.3 Å². The van der Waals surface area contributed by atoms with Crippen molar-refractivity contribution in [3.8, 4) is 5.75 Å². The van der Waals surface area contributed by atoms with Crippen molar-refractivity contribution < 1.29 is 22.7 Å². The van der Waals surface area contributed by atoms with Gasteiger partial charge in [0.25, 0.3) is 5.91 Å². The highest BCUT2D eigenvalue weighted by molar-refractivity contribution is 6.30. The number of hydrogen-bond acceptors (Lipinski definition) is 2. The Morgan fingerprint density at radius 2 is 1.88 bits per heavy atom. The number of anilines is 1. The predicted molar refractivity (Wildman–Crippen MR) is 95.7 cm³/mol. The van der Waals surface area contributed by atoms with Gasteiger partial charge in [0, 0.05) is 5.02 Å². The molecule has 0 heterocycles. The van der Waals surface area contributed by atoms with Crippen molar-refractivity contribution in [3.05, 3.63) is 58.1 Å². The summed E-state index contributed by atoms with van der Waals surface area (Å²) in [5, 5.41) is 2.25. The highest BCUT2D eigenvalue weighted by Crippen LogP contribution is 2.36. The minimum Gasteiger partial charge on any atom is -0.480 e. The molecule has 0 saturated carbocycles. The lowest BCUT2D eigenvalue weighted by atomic mass is 10.1. The molecule has 0 radical (unpaired) electrons. The average molecular weight is 386 g/mol. The summed E-state index contributed by atoms with van der Waals surface area (Å²) in [6.07, 6.45) is -5.26. The number of carbonyl (C=O) groups is 1. The standard InChI is InChI=1S/C19H19ClF3NO2/c1-4-16(26-17-9-11(2)5-6-12(17)3)18(25)24-15-8-7-13(20)10-14(15)19(21,22)23/h5-10,16H,4H2,1-3H3,(H,24,25)/t16-/m1/s1. The molecular weight excluding hydrogens is 367 g/mol. The Balaban J connectivity index is 2.24. The van der Waals surface area contributed by atoms with Crippen LogP contribution in [0.2, 0.25) is 5.02 Å². The largest absolute Gasteiger partial charge is 0.480 e. The summed E-state index contributed by atoms with van der Waals surface area (Å²) in [6.45, 7) is 5.44. The van der Waals surface area contributed by atoms with E-state index >= 15 is 0 Å². The molecule has 0 fully saturated rings. The molecule has 0 unspecified atom stereocenters. The average Bonchev–Trinajstić information content (AvgIpc) is 2.56. The lowest BCUT2D eigenvalue weighted by Gasteiger charge is -2.20. The lowest BCUT2D eigenvalue weighted by Crippen LogP contribution is -2.33. The number of hydrogen-bond donors (Lipinski definition) is 1. The molecule has 1 atom stereocenters. The van der Waals surface area contributed by atoms with Gasteiger partial charge in [-0.05, 0) is 55.7 Å². The lowest BCUT2D eigenvalue weighted by molar-refractivity contribution is -0.137. The molecule has 2 rings (SSSR count). The smallest absolute Gasteiger partial charge is 0.418 e. The number of ether oxygens (including phenoxy) is 1. The van der Waals surface area contributed by atoms with Crippen LogP contribution in [0.25, 0.3) is 0 Å². The molecule has 1 N–H and O–H groups in total. The Bertz CT molecular complexity index is 806. The van der Waals surface area contributed by atoms with Gasteiger partial charge in [0.1, 0.15) is 5.75 Å². The number of halogens is 4. The highest BCUT2D eigenvalue weighted by Gasteiger charge is 2.34. The third-order valence-corrected chi connectivity index (χ3v) is 4.06. The Kier molecular flexibility index (Phi) is 6.18. The summed E-state index contributed by atoms with van der Waals surface area (Å²) in [5.41, 5.74) is 0.442. The molecule has 0 aliphatic rings. The van der Waals surface area contributed by atoms with Crippen LogP contribution in [0.1, 0.15) is 30.0 Å². The van der Waals surface area contributed by atoms with Crippen molar-refractivity contribution in [2.24, 2.45) is 0 Å². The molecule has 26 heavy (non-hydrogen) atoms. The van der Waals surface area contributed by atoms with Crippen LogP contribution in [0.15, 0.2) is 36.4 Å². The van der Waals surface area contributed by atoms with E-state index in [1.54, 1.807) is 13.0 Å². The van der Waals surface area contributed by atoms with E-state index in [0.29, 0.717) is 12.2 Å². The maximum Gasteiger partial charge on any atom is 0.418 e. The van der Waals surface area contributed by atoms with E-state index in [-0.39, 0.29) is 10.7 Å². The fourth-order valence-electron chi connectivity index (χ4n) is 2.38. The molecule has 1 amide bonds. The summed E-state index contributed by atoms with van der Waals surface area (Å²) in [7, 11) is 0. The van der Waals surface area contributed by atoms with Crippen LogP contribution in [0.3, 0.4) is 0 Å². The second-order valence-corrected chi connectivity index (χ2v) is 6.40. The summed E-state index contributed by atoms with van der Waals surface area (Å²) >= 11 is 5.65. The van der Waals surface area contributed by atoms with E-state index < -0.39 is 23.8 Å². The van der Waals surface area contributed by atoms with Gasteiger partial charge in [-0.3, -0.25) is 4.79 Å². The van der Waals surface area contributed by atoms with Crippen molar-refractivity contribution in [2.75, 3.05) is 5.32 Å². The fraction of sp³-hybridized carbons (Fsp3) is 0.316. The molecular formula is C19H19ClF3NO2. The van der Waals surface area contributed by atoms with E-state index in [4.69, 9.17) is 16.3 Å². The van der Waals surface area contributed by atoms with Crippen molar-refractivity contribution >= 4 is 23.2 Å². The zero-order chi connectivity index (χ0) is 19.5. The Labute approximate surface area is 155 Å². The van der Waals surface area contributed by atoms with Crippen LogP contribution < -0.4 is 10.1 Å². The quantitative estimate of drug-likeness (QED) is 0.709. The first-order valence-electron chi connectivity index (χ1n) is 8.03. The summed E-state index contributed by atoms with van der Waals surface area (Å²) in [6, 6.07) is 8.76. The number of aryl methyl sites for hydroxylation is 2. The van der Waals surface area contributed by atoms with Crippen molar-refractivity contribution in [3.63, 3.8) is 0 Å². The molecule has 2 aromatic carbocycles. The molecule has 140 valence electrons. The summed E-state index contributed by atoms with van der Waals surface area (Å²) < 4.78 is 45.2. The number of alkyl halides is 3. The third-order valence-electron chi connectivity index (χ3n) is 3.82. The maximum atomic E-state index is 13.2. The highest BCUT2D eigenvalue weighted by atomic mass is 35.5. The molecule has 7 heteroatoms. The van der Waals surface area contributed by atoms with E-state index in [1.807, 2.05) is 26.0 Å². The molecule has 0 aliphatic heterocycles. The SMILES string of the molecule is CC[C@@H](Oc1cc(C)ccc1C)C(=O)Nc1ccc(Cl)cc1C(F)(F)F. The predicted octanol–water partition coefficient (Wildman–Crippen LogP) is 5.77. The fourth-order valence-corrected chi connectivity index (χ4v) is 2.56. The first-order valence-corrected chi connectivity index (χ1v) is 8.41. The van der Waals surface area contributed by atoms with Crippen LogP contribution >= 0.6 is 11.6 Å². The van der Waals surface area contributed by atoms with Gasteiger partial charge in [-0.15, -0.1) is 0 Å². The first-order chi connectivity index (χ1) is 12.1. The molecule has 0 spiro atoms. The molecule has 3 nitrogen and oxygen atoms in total. The van der Waals surface area contributed by atoms with Crippen LogP contribution in [0, 0.1) is 13.8 Å². The van der Waals surface area contributed by atoms with Crippen molar-refractivity contribution in [2.45, 2.75) is 39.5 Å². The van der Waals surface area contributed by atoms with Gasteiger partial charge in [-0.2, -0.15) is 13.2 Å². The number of nitrogens with one attached hydrogen (secondary N) is 1. The van der Waals surface area contributed by atoms with Gasteiger partial charge in [0.05, 0.1) is 11.3 Å². The van der Waals surface area contributed by atoms with Crippen LogP contribution in [0.5, 0.6) is 5.75 Å². The monoisotopic (exact) mass is 385 g/mol. The molecule has 0 saturated heterocycles. The van der Waals surface area contributed by atoms with Crippen LogP contribution in [0.4, 0.5) is 18.9 Å². The summed E-state index contributed by atoms with van der Waals surface area (Å²) in [4.78, 5) is 12.5. The van der Waals surface area contributed by atoms with Gasteiger partial charge >= 0.3 is 6.18 Å². The van der Waals surface area contributed by atoms with Gasteiger partial charge in [-0.25, -0.2) is 0 Å². The van der Waals surface area contributed by atoms with Gasteiger partial charge in [-0.1, -0.05) is 30.7 Å². The second-order valence-electron chi connectivity index (χ2n) is 5.96. The van der Waals surface area contributed by atoms with E-state index in [0.717, 1.165) is 23.3 Å². The number of carbonyl (C=O) groups excluding carboxylic acids is 1. The van der Waals surface area contributed by atoms with Crippen molar-refractivity contribution in [1.82, 2.24) is 0 Å². The molecule has 0 aliphatic carbocycles. The first kappa shape index (κ1) is 20.1. The molecule has 0 aromatic heterocycles. The van der Waals surface area contributed by atoms with E-state index in [1.165, 1.54) is 6.07 Å². The van der Waals surface area contributed by atoms with Gasteiger partial charge in [0.15, 0.2) is 6.10 Å². The third kappa shape index (κ3) is 4.91. The number of benzene rings is 2. The number of amides is 1. The minimum absolute atomic E-state index is 0.0611. The van der Waals surface area contributed by atoms with Crippen LogP contribution in [-0.4, -0.2) is 12.0 Å². The van der Waals surface area contributed by atoms with E-state index in [9.17, 15) is 18.0 Å². The minimum atomic E-state index is -4.64.